The van der Waals surface area contributed by atoms with Crippen molar-refractivity contribution in [1.29, 1.82) is 0 Å². The summed E-state index contributed by atoms with van der Waals surface area (Å²) >= 11 is 0. The van der Waals surface area contributed by atoms with Crippen LogP contribution in [0.1, 0.15) is 32.1 Å². The number of unbranched alkanes of at least 4 members (excludes halogenated alkanes) is 2. The molecule has 0 aromatic carbocycles. The monoisotopic (exact) mass is 277 g/mol. The number of halogens is 1. The number of amides is 1. The van der Waals surface area contributed by atoms with Gasteiger partial charge in [-0.25, -0.2) is 4.79 Å². The third-order valence-electron chi connectivity index (χ3n) is 2.86. The Balaban J connectivity index is 3.57. The van der Waals surface area contributed by atoms with Gasteiger partial charge in [-0.15, -0.1) is 0 Å². The van der Waals surface area contributed by atoms with Crippen LogP contribution in [0.4, 0.5) is 4.39 Å². The summed E-state index contributed by atoms with van der Waals surface area (Å²) in [6.07, 6.45) is 3.17. The number of likely N-dealkylation sites (N-methyl/N-ethyl adjacent to an activating group) is 1. The fourth-order valence-corrected chi connectivity index (χ4v) is 1.83. The molecule has 0 aliphatic heterocycles. The van der Waals surface area contributed by atoms with Gasteiger partial charge in [0, 0.05) is 19.4 Å². The molecule has 5 nitrogen and oxygen atoms in total. The van der Waals surface area contributed by atoms with E-state index in [-0.39, 0.29) is 19.1 Å². The van der Waals surface area contributed by atoms with Gasteiger partial charge in [-0.05, 0) is 12.8 Å². The summed E-state index contributed by atoms with van der Waals surface area (Å²) in [6, 6.07) is 0. The van der Waals surface area contributed by atoms with Gasteiger partial charge in [-0.2, -0.15) is 0 Å². The minimum Gasteiger partial charge on any atom is -0.477 e. The Hall–Kier alpha value is -1.17. The van der Waals surface area contributed by atoms with Crippen molar-refractivity contribution < 1.29 is 23.6 Å². The zero-order valence-corrected chi connectivity index (χ0v) is 12.0. The Morgan fingerprint density at radius 3 is 2.42 bits per heavy atom. The molecular formula is C13H26FN2O3+. The number of rotatable bonds is 11. The molecule has 0 spiro atoms. The normalized spacial score (nSPS) is 11.3. The maximum absolute atomic E-state index is 11.8. The third-order valence-corrected chi connectivity index (χ3v) is 2.86. The Morgan fingerprint density at radius 1 is 1.16 bits per heavy atom. The first-order valence-electron chi connectivity index (χ1n) is 6.74. The molecule has 0 aliphatic rings. The summed E-state index contributed by atoms with van der Waals surface area (Å²) in [5, 5.41) is 11.5. The number of nitrogens with one attached hydrogen (secondary N) is 1. The number of alkyl halides is 1. The van der Waals surface area contributed by atoms with Gasteiger partial charge in [-0.1, -0.05) is 6.42 Å². The molecule has 112 valence electrons. The lowest BCUT2D eigenvalue weighted by Gasteiger charge is -2.27. The van der Waals surface area contributed by atoms with E-state index in [2.05, 4.69) is 5.32 Å². The topological polar surface area (TPSA) is 66.4 Å². The van der Waals surface area contributed by atoms with Gasteiger partial charge in [0.05, 0.1) is 27.3 Å². The lowest BCUT2D eigenvalue weighted by molar-refractivity contribution is -0.883. The van der Waals surface area contributed by atoms with Crippen LogP contribution >= 0.6 is 0 Å². The first kappa shape index (κ1) is 17.8. The van der Waals surface area contributed by atoms with Crippen molar-refractivity contribution in [2.75, 3.05) is 40.4 Å². The predicted molar refractivity (Wildman–Crippen MR) is 71.5 cm³/mol. The molecule has 0 unspecified atom stereocenters. The lowest BCUT2D eigenvalue weighted by Crippen LogP contribution is -2.45. The van der Waals surface area contributed by atoms with Gasteiger partial charge in [0.15, 0.2) is 6.54 Å². The predicted octanol–water partition coefficient (Wildman–Crippen LogP) is 1.18. The smallest absolute Gasteiger partial charge is 0.359 e. The van der Waals surface area contributed by atoms with E-state index < -0.39 is 5.97 Å². The van der Waals surface area contributed by atoms with Crippen LogP contribution in [0.5, 0.6) is 0 Å². The van der Waals surface area contributed by atoms with Crippen molar-refractivity contribution in [2.45, 2.75) is 32.1 Å². The van der Waals surface area contributed by atoms with E-state index in [4.69, 9.17) is 5.11 Å². The number of carbonyl (C=O) groups excluding carboxylic acids is 1. The largest absolute Gasteiger partial charge is 0.477 e. The average molecular weight is 277 g/mol. The molecule has 0 rings (SSSR count). The van der Waals surface area contributed by atoms with Crippen molar-refractivity contribution >= 4 is 11.9 Å². The number of hydrogen-bond donors (Lipinski definition) is 2. The molecule has 0 radical (unpaired) electrons. The highest BCUT2D eigenvalue weighted by molar-refractivity contribution is 5.75. The minimum atomic E-state index is -0.818. The van der Waals surface area contributed by atoms with Gasteiger partial charge < -0.3 is 14.9 Å². The first-order valence-corrected chi connectivity index (χ1v) is 6.74. The second kappa shape index (κ2) is 9.72. The summed E-state index contributed by atoms with van der Waals surface area (Å²) in [6.45, 7) is 1.02. The lowest BCUT2D eigenvalue weighted by atomic mass is 10.2. The molecule has 1 amide bonds. The van der Waals surface area contributed by atoms with Gasteiger partial charge in [-0.3, -0.25) is 9.18 Å². The highest BCUT2D eigenvalue weighted by Crippen LogP contribution is 2.01. The number of carbonyl (C=O) groups is 2. The van der Waals surface area contributed by atoms with E-state index in [1.165, 1.54) is 0 Å². The summed E-state index contributed by atoms with van der Waals surface area (Å²) in [5.74, 6) is -0.829. The third kappa shape index (κ3) is 11.6. The van der Waals surface area contributed by atoms with Gasteiger partial charge in [0.2, 0.25) is 5.91 Å². The number of aliphatic carboxylic acids is 1. The Morgan fingerprint density at radius 2 is 1.84 bits per heavy atom. The summed E-state index contributed by atoms with van der Waals surface area (Å²) in [4.78, 5) is 22.0. The van der Waals surface area contributed by atoms with Crippen molar-refractivity contribution in [3.63, 3.8) is 0 Å². The number of carboxylic acids is 1. The zero-order chi connectivity index (χ0) is 14.7. The number of carboxylic acid groups (broad SMARTS) is 1. The molecule has 6 heteroatoms. The highest BCUT2D eigenvalue weighted by atomic mass is 19.1. The van der Waals surface area contributed by atoms with Crippen molar-refractivity contribution in [3.8, 4) is 0 Å². The molecule has 0 aromatic heterocycles. The number of nitrogens with zero attached hydrogens (tertiary/aromatic N) is 1. The number of quaternary nitrogens is 1. The van der Waals surface area contributed by atoms with Crippen molar-refractivity contribution in [2.24, 2.45) is 0 Å². The molecule has 0 atom stereocenters. The molecule has 0 saturated carbocycles. The second-order valence-corrected chi connectivity index (χ2v) is 5.41. The van der Waals surface area contributed by atoms with Crippen LogP contribution in [-0.2, 0) is 9.59 Å². The fourth-order valence-electron chi connectivity index (χ4n) is 1.83. The van der Waals surface area contributed by atoms with Crippen LogP contribution in [0.25, 0.3) is 0 Å². The Bertz CT molecular complexity index is 283. The maximum atomic E-state index is 11.8. The molecule has 0 bridgehead atoms. The standard InChI is InChI=1S/C13H25FN2O3/c1-16(2,11-13(18)19)10-6-9-15-12(17)7-4-3-5-8-14/h3-11H2,1-2H3,(H-,15,17,18,19)/p+1. The second-order valence-electron chi connectivity index (χ2n) is 5.41. The molecule has 19 heavy (non-hydrogen) atoms. The molecule has 0 heterocycles. The maximum Gasteiger partial charge on any atom is 0.359 e. The average Bonchev–Trinajstić information content (AvgIpc) is 2.29. The Kier molecular flexibility index (Phi) is 9.12. The van der Waals surface area contributed by atoms with Crippen molar-refractivity contribution in [1.82, 2.24) is 5.32 Å². The summed E-state index contributed by atoms with van der Waals surface area (Å²) < 4.78 is 12.2. The zero-order valence-electron chi connectivity index (χ0n) is 12.0. The van der Waals surface area contributed by atoms with Crippen molar-refractivity contribution in [3.05, 3.63) is 0 Å². The minimum absolute atomic E-state index is 0.0117. The highest BCUT2D eigenvalue weighted by Gasteiger charge is 2.18. The summed E-state index contributed by atoms with van der Waals surface area (Å²) in [5.41, 5.74) is 0. The van der Waals surface area contributed by atoms with E-state index in [1.54, 1.807) is 0 Å². The van der Waals surface area contributed by atoms with Gasteiger partial charge >= 0.3 is 5.97 Å². The SMILES string of the molecule is C[N+](C)(CCCNC(=O)CCCCCF)CC(=O)O. The van der Waals surface area contributed by atoms with E-state index in [9.17, 15) is 14.0 Å². The van der Waals surface area contributed by atoms with Crippen LogP contribution in [0, 0.1) is 0 Å². The first-order chi connectivity index (χ1) is 8.87. The van der Waals surface area contributed by atoms with E-state index in [1.807, 2.05) is 14.1 Å². The van der Waals surface area contributed by atoms with E-state index >= 15 is 0 Å². The molecule has 0 aromatic rings. The summed E-state index contributed by atoms with van der Waals surface area (Å²) in [7, 11) is 3.71. The quantitative estimate of drug-likeness (QED) is 0.440. The Labute approximate surface area is 114 Å². The van der Waals surface area contributed by atoms with E-state index in [0.717, 1.165) is 19.3 Å². The molecule has 0 aliphatic carbocycles. The van der Waals surface area contributed by atoms with Gasteiger partial charge in [0.1, 0.15) is 0 Å². The molecule has 2 N–H and O–H groups in total. The number of hydrogen-bond acceptors (Lipinski definition) is 2. The van der Waals surface area contributed by atoms with Gasteiger partial charge in [0.25, 0.3) is 0 Å². The van der Waals surface area contributed by atoms with Crippen LogP contribution in [0.3, 0.4) is 0 Å². The van der Waals surface area contributed by atoms with Crippen LogP contribution in [0.15, 0.2) is 0 Å². The fraction of sp³-hybridized carbons (Fsp3) is 0.846. The van der Waals surface area contributed by atoms with Crippen LogP contribution < -0.4 is 5.32 Å². The van der Waals surface area contributed by atoms with Crippen LogP contribution in [-0.4, -0.2) is 61.9 Å². The van der Waals surface area contributed by atoms with Crippen LogP contribution in [0.2, 0.25) is 0 Å². The molecular weight excluding hydrogens is 251 g/mol. The van der Waals surface area contributed by atoms with E-state index in [0.29, 0.717) is 30.4 Å². The molecule has 0 saturated heterocycles. The molecule has 0 fully saturated rings.